The molecule has 0 aliphatic carbocycles. The van der Waals surface area contributed by atoms with Gasteiger partial charge in [-0.1, -0.05) is 22.9 Å². The first-order valence-electron chi connectivity index (χ1n) is 6.54. The van der Waals surface area contributed by atoms with Crippen LogP contribution in [0.1, 0.15) is 37.8 Å². The third-order valence-electron chi connectivity index (χ3n) is 3.39. The van der Waals surface area contributed by atoms with Crippen LogP contribution in [0, 0.1) is 0 Å². The van der Waals surface area contributed by atoms with Crippen molar-refractivity contribution in [1.29, 1.82) is 0 Å². The molecule has 1 saturated heterocycles. The van der Waals surface area contributed by atoms with Gasteiger partial charge in [0.1, 0.15) is 5.75 Å². The Morgan fingerprint density at radius 1 is 1.56 bits per heavy atom. The first-order valence-corrected chi connectivity index (χ1v) is 8.38. The molecule has 0 spiro atoms. The van der Waals surface area contributed by atoms with E-state index in [1.54, 1.807) is 6.07 Å². The summed E-state index contributed by atoms with van der Waals surface area (Å²) < 4.78 is 1.02. The van der Waals surface area contributed by atoms with Crippen molar-refractivity contribution in [2.75, 3.05) is 12.3 Å². The van der Waals surface area contributed by atoms with Crippen LogP contribution in [0.25, 0.3) is 0 Å². The monoisotopic (exact) mass is 329 g/mol. The third kappa shape index (κ3) is 3.65. The van der Waals surface area contributed by atoms with E-state index in [2.05, 4.69) is 39.9 Å². The highest BCUT2D eigenvalue weighted by Crippen LogP contribution is 2.31. The lowest BCUT2D eigenvalue weighted by Gasteiger charge is -2.21. The molecule has 1 aliphatic heterocycles. The van der Waals surface area contributed by atoms with Crippen molar-refractivity contribution in [2.24, 2.45) is 0 Å². The highest BCUT2D eigenvalue weighted by Gasteiger charge is 2.19. The summed E-state index contributed by atoms with van der Waals surface area (Å²) >= 11 is 5.53. The number of phenolic OH excluding ortho intramolecular Hbond substituents is 1. The summed E-state index contributed by atoms with van der Waals surface area (Å²) in [6.07, 6.45) is 3.65. The van der Waals surface area contributed by atoms with Gasteiger partial charge in [-0.2, -0.15) is 11.8 Å². The number of rotatable bonds is 5. The van der Waals surface area contributed by atoms with Crippen molar-refractivity contribution >= 4 is 27.7 Å². The molecular weight excluding hydrogens is 310 g/mol. The van der Waals surface area contributed by atoms with Crippen LogP contribution in [0.5, 0.6) is 5.75 Å². The minimum absolute atomic E-state index is 0.240. The van der Waals surface area contributed by atoms with Gasteiger partial charge < -0.3 is 10.4 Å². The summed E-state index contributed by atoms with van der Waals surface area (Å²) in [5.41, 5.74) is 0.995. The normalized spacial score (nSPS) is 21.1. The summed E-state index contributed by atoms with van der Waals surface area (Å²) in [5.74, 6) is 1.68. The van der Waals surface area contributed by atoms with Gasteiger partial charge in [0.15, 0.2) is 0 Å². The number of phenols is 1. The Balaban J connectivity index is 2.00. The van der Waals surface area contributed by atoms with Crippen LogP contribution >= 0.6 is 27.7 Å². The smallest absolute Gasteiger partial charge is 0.120 e. The fourth-order valence-corrected chi connectivity index (χ4v) is 3.95. The fourth-order valence-electron chi connectivity index (χ4n) is 2.36. The molecule has 1 fully saturated rings. The number of nitrogens with one attached hydrogen (secondary N) is 1. The first-order chi connectivity index (χ1) is 8.70. The number of thioether (sulfide) groups is 1. The lowest BCUT2D eigenvalue weighted by atomic mass is 10.0. The van der Waals surface area contributed by atoms with Crippen LogP contribution in [-0.4, -0.2) is 22.7 Å². The largest absolute Gasteiger partial charge is 0.508 e. The van der Waals surface area contributed by atoms with Crippen molar-refractivity contribution in [2.45, 2.75) is 37.5 Å². The van der Waals surface area contributed by atoms with Crippen molar-refractivity contribution in [1.82, 2.24) is 5.32 Å². The zero-order valence-corrected chi connectivity index (χ0v) is 13.1. The zero-order valence-electron chi connectivity index (χ0n) is 10.7. The first kappa shape index (κ1) is 14.2. The van der Waals surface area contributed by atoms with E-state index in [9.17, 15) is 5.11 Å². The van der Waals surface area contributed by atoms with Gasteiger partial charge in [-0.3, -0.25) is 0 Å². The van der Waals surface area contributed by atoms with Gasteiger partial charge in [-0.05, 0) is 43.2 Å². The topological polar surface area (TPSA) is 32.3 Å². The summed E-state index contributed by atoms with van der Waals surface area (Å²) in [4.78, 5) is 0. The highest BCUT2D eigenvalue weighted by molar-refractivity contribution is 9.10. The lowest BCUT2D eigenvalue weighted by molar-refractivity contribution is 0.440. The van der Waals surface area contributed by atoms with Crippen LogP contribution in [0.15, 0.2) is 22.7 Å². The summed E-state index contributed by atoms with van der Waals surface area (Å²) in [5, 5.41) is 14.3. The molecule has 0 saturated carbocycles. The van der Waals surface area contributed by atoms with Crippen molar-refractivity contribution in [3.63, 3.8) is 0 Å². The second-order valence-electron chi connectivity index (χ2n) is 4.71. The highest BCUT2D eigenvalue weighted by atomic mass is 79.9. The van der Waals surface area contributed by atoms with Gasteiger partial charge in [0, 0.05) is 27.9 Å². The minimum atomic E-state index is 0.240. The lowest BCUT2D eigenvalue weighted by Crippen LogP contribution is -2.27. The molecule has 2 unspecified atom stereocenters. The molecule has 1 aliphatic rings. The molecule has 0 amide bonds. The Morgan fingerprint density at radius 3 is 3.06 bits per heavy atom. The van der Waals surface area contributed by atoms with Crippen LogP contribution in [0.4, 0.5) is 0 Å². The second-order valence-corrected chi connectivity index (χ2v) is 7.03. The van der Waals surface area contributed by atoms with E-state index in [1.165, 1.54) is 18.6 Å². The quantitative estimate of drug-likeness (QED) is 0.853. The number of halogens is 1. The van der Waals surface area contributed by atoms with Gasteiger partial charge in [-0.25, -0.2) is 0 Å². The number of benzene rings is 1. The van der Waals surface area contributed by atoms with E-state index in [1.807, 2.05) is 12.1 Å². The Bertz CT molecular complexity index is 393. The van der Waals surface area contributed by atoms with E-state index in [4.69, 9.17) is 0 Å². The summed E-state index contributed by atoms with van der Waals surface area (Å²) in [7, 11) is 0. The van der Waals surface area contributed by atoms with E-state index in [-0.39, 0.29) is 6.04 Å². The molecule has 0 bridgehead atoms. The number of hydrogen-bond donors (Lipinski definition) is 2. The maximum atomic E-state index is 9.96. The molecule has 1 aromatic carbocycles. The Labute approximate surface area is 122 Å². The number of hydrogen-bond acceptors (Lipinski definition) is 3. The van der Waals surface area contributed by atoms with Gasteiger partial charge in [-0.15, -0.1) is 0 Å². The molecule has 2 rings (SSSR count). The Hall–Kier alpha value is -0.190. The van der Waals surface area contributed by atoms with Crippen LogP contribution in [-0.2, 0) is 0 Å². The van der Waals surface area contributed by atoms with Gasteiger partial charge in [0.05, 0.1) is 0 Å². The zero-order chi connectivity index (χ0) is 13.0. The average molecular weight is 330 g/mol. The molecule has 1 heterocycles. The predicted molar refractivity (Wildman–Crippen MR) is 82.3 cm³/mol. The molecule has 100 valence electrons. The predicted octanol–water partition coefficient (Wildman–Crippen LogP) is 4.09. The SMILES string of the molecule is CCC(NCC1CCCS1)c1cc(Br)ccc1O. The molecular formula is C14H20BrNOS. The van der Waals surface area contributed by atoms with Crippen LogP contribution in [0.3, 0.4) is 0 Å². The molecule has 0 aromatic heterocycles. The molecule has 2 N–H and O–H groups in total. The maximum Gasteiger partial charge on any atom is 0.120 e. The summed E-state index contributed by atoms with van der Waals surface area (Å²) in [6.45, 7) is 3.19. The molecule has 18 heavy (non-hydrogen) atoms. The van der Waals surface area contributed by atoms with Gasteiger partial charge in [0.2, 0.25) is 0 Å². The Kier molecular flexibility index (Phi) is 5.39. The fraction of sp³-hybridized carbons (Fsp3) is 0.571. The maximum absolute atomic E-state index is 9.96. The van der Waals surface area contributed by atoms with Gasteiger partial charge >= 0.3 is 0 Å². The van der Waals surface area contributed by atoms with Crippen molar-refractivity contribution in [3.8, 4) is 5.75 Å². The molecule has 4 heteroatoms. The average Bonchev–Trinajstić information content (AvgIpc) is 2.87. The van der Waals surface area contributed by atoms with E-state index >= 15 is 0 Å². The molecule has 1 aromatic rings. The molecule has 2 atom stereocenters. The summed E-state index contributed by atoms with van der Waals surface area (Å²) in [6, 6.07) is 5.88. The van der Waals surface area contributed by atoms with Gasteiger partial charge in [0.25, 0.3) is 0 Å². The number of aromatic hydroxyl groups is 1. The van der Waals surface area contributed by atoms with Crippen LogP contribution < -0.4 is 5.32 Å². The van der Waals surface area contributed by atoms with Crippen molar-refractivity contribution in [3.05, 3.63) is 28.2 Å². The second kappa shape index (κ2) is 6.83. The standard InChI is InChI=1S/C14H20BrNOS/c1-2-13(16-9-11-4-3-7-18-11)12-8-10(15)5-6-14(12)17/h5-6,8,11,13,16-17H,2-4,7,9H2,1H3. The molecule has 0 radical (unpaired) electrons. The Morgan fingerprint density at radius 2 is 2.39 bits per heavy atom. The minimum Gasteiger partial charge on any atom is -0.508 e. The van der Waals surface area contributed by atoms with E-state index < -0.39 is 0 Å². The molecule has 2 nitrogen and oxygen atoms in total. The van der Waals surface area contributed by atoms with Crippen LogP contribution in [0.2, 0.25) is 0 Å². The van der Waals surface area contributed by atoms with E-state index in [0.29, 0.717) is 5.75 Å². The van der Waals surface area contributed by atoms with Crippen molar-refractivity contribution < 1.29 is 5.11 Å². The third-order valence-corrected chi connectivity index (χ3v) is 5.28. The van der Waals surface area contributed by atoms with E-state index in [0.717, 1.165) is 28.3 Å².